The van der Waals surface area contributed by atoms with Crippen LogP contribution in [0.2, 0.25) is 0 Å². The topological polar surface area (TPSA) is 114 Å². The summed E-state index contributed by atoms with van der Waals surface area (Å²) < 4.78 is 9.80. The van der Waals surface area contributed by atoms with Crippen molar-refractivity contribution in [2.75, 3.05) is 37.6 Å². The van der Waals surface area contributed by atoms with E-state index in [1.54, 1.807) is 18.7 Å². The van der Waals surface area contributed by atoms with Crippen LogP contribution < -0.4 is 10.1 Å². The monoisotopic (exact) mass is 317 g/mol. The third kappa shape index (κ3) is 4.64. The molecule has 0 fully saturated rings. The van der Waals surface area contributed by atoms with E-state index in [2.05, 4.69) is 20.3 Å². The number of hydrogen-bond acceptors (Lipinski definition) is 7. The average Bonchev–Trinajstić information content (AvgIpc) is 2.87. The predicted molar refractivity (Wildman–Crippen MR) is 78.7 cm³/mol. The summed E-state index contributed by atoms with van der Waals surface area (Å²) in [6, 6.07) is 0. The molecule has 0 radical (unpaired) electrons. The zero-order valence-corrected chi connectivity index (χ0v) is 13.0. The highest BCUT2D eigenvalue weighted by Gasteiger charge is 2.25. The molecule has 0 aliphatic rings. The van der Waals surface area contributed by atoms with E-state index in [1.165, 1.54) is 7.11 Å². The lowest BCUT2D eigenvalue weighted by Crippen LogP contribution is -2.23. The number of H-pyrrole nitrogens is 1. The van der Waals surface area contributed by atoms with Crippen molar-refractivity contribution in [1.29, 1.82) is 0 Å². The molecule has 1 unspecified atom stereocenters. The van der Waals surface area contributed by atoms with E-state index in [0.29, 0.717) is 5.75 Å². The van der Waals surface area contributed by atoms with E-state index in [4.69, 9.17) is 9.84 Å². The molecule has 0 spiro atoms. The zero-order chi connectivity index (χ0) is 15.8. The van der Waals surface area contributed by atoms with Gasteiger partial charge >= 0.3 is 5.97 Å². The highest BCUT2D eigenvalue weighted by Crippen LogP contribution is 2.25. The lowest BCUT2D eigenvalue weighted by Gasteiger charge is -2.10. The fourth-order valence-electron chi connectivity index (χ4n) is 1.53. The van der Waals surface area contributed by atoms with Crippen molar-refractivity contribution in [2.24, 2.45) is 5.92 Å². The summed E-state index contributed by atoms with van der Waals surface area (Å²) in [6.45, 7) is 1.55. The number of thioether (sulfide) groups is 1. The number of nitrogens with zero attached hydrogens (tertiary/aromatic N) is 1. The molecule has 1 amide bonds. The van der Waals surface area contributed by atoms with Crippen LogP contribution in [0.1, 0.15) is 17.3 Å². The zero-order valence-electron chi connectivity index (χ0n) is 12.1. The van der Waals surface area contributed by atoms with Gasteiger partial charge in [0.25, 0.3) is 0 Å². The van der Waals surface area contributed by atoms with E-state index in [1.807, 2.05) is 6.26 Å². The van der Waals surface area contributed by atoms with Crippen molar-refractivity contribution in [3.63, 3.8) is 0 Å². The first-order chi connectivity index (χ1) is 10.0. The number of amides is 1. The Morgan fingerprint density at radius 2 is 2.24 bits per heavy atom. The molecule has 0 bridgehead atoms. The summed E-state index contributed by atoms with van der Waals surface area (Å²) in [7, 11) is 1.22. The van der Waals surface area contributed by atoms with E-state index in [0.717, 1.165) is 0 Å². The van der Waals surface area contributed by atoms with Gasteiger partial charge in [0.15, 0.2) is 11.4 Å². The Hall–Kier alpha value is -1.74. The fraction of sp³-hybridized carbons (Fsp3) is 0.583. The minimum Gasteiger partial charge on any atom is -0.475 e. The summed E-state index contributed by atoms with van der Waals surface area (Å²) in [5.74, 6) is -0.433. The second-order valence-electron chi connectivity index (χ2n) is 4.19. The number of methoxy groups -OCH3 is 1. The van der Waals surface area contributed by atoms with Crippen LogP contribution in [0.4, 0.5) is 5.82 Å². The van der Waals surface area contributed by atoms with Gasteiger partial charge in [0, 0.05) is 11.7 Å². The molecule has 3 N–H and O–H groups in total. The lowest BCUT2D eigenvalue weighted by molar-refractivity contribution is -0.118. The molecule has 21 heavy (non-hydrogen) atoms. The van der Waals surface area contributed by atoms with Crippen molar-refractivity contribution < 1.29 is 24.2 Å². The SMILES string of the molecule is COC(=O)c1c(NC(=O)C(C)CSC)n[nH]c1OCCO. The van der Waals surface area contributed by atoms with Gasteiger partial charge in [-0.3, -0.25) is 4.79 Å². The number of rotatable bonds is 8. The molecule has 0 aliphatic carbocycles. The molecule has 8 nitrogen and oxygen atoms in total. The molecular weight excluding hydrogens is 298 g/mol. The van der Waals surface area contributed by atoms with Gasteiger partial charge in [-0.25, -0.2) is 9.89 Å². The number of aliphatic hydroxyl groups is 1. The standard InChI is InChI=1S/C12H19N3O5S/c1-7(6-21-3)10(17)13-9-8(12(18)19-2)11(15-14-9)20-5-4-16/h7,16H,4-6H2,1-3H3,(H2,13,14,15,17). The van der Waals surface area contributed by atoms with Crippen LogP contribution in [0.15, 0.2) is 0 Å². The molecule has 0 saturated carbocycles. The quantitative estimate of drug-likeness (QED) is 0.598. The molecule has 1 rings (SSSR count). The normalized spacial score (nSPS) is 11.8. The molecule has 1 aromatic heterocycles. The molecule has 1 aromatic rings. The molecule has 1 atom stereocenters. The van der Waals surface area contributed by atoms with Crippen LogP contribution in [0.25, 0.3) is 0 Å². The number of esters is 1. The maximum atomic E-state index is 12.0. The van der Waals surface area contributed by atoms with Crippen molar-refractivity contribution in [2.45, 2.75) is 6.92 Å². The number of anilines is 1. The van der Waals surface area contributed by atoms with Crippen LogP contribution in [0, 0.1) is 5.92 Å². The first-order valence-corrected chi connectivity index (χ1v) is 7.64. The number of aromatic amines is 1. The fourth-order valence-corrected chi connectivity index (χ4v) is 2.18. The summed E-state index contributed by atoms with van der Waals surface area (Å²) in [6.07, 6.45) is 1.90. The second-order valence-corrected chi connectivity index (χ2v) is 5.10. The van der Waals surface area contributed by atoms with E-state index in [9.17, 15) is 9.59 Å². The Morgan fingerprint density at radius 3 is 2.81 bits per heavy atom. The largest absolute Gasteiger partial charge is 0.475 e. The number of ether oxygens (including phenoxy) is 2. The highest BCUT2D eigenvalue weighted by molar-refractivity contribution is 7.98. The van der Waals surface area contributed by atoms with Gasteiger partial charge in [-0.1, -0.05) is 6.92 Å². The molecule has 9 heteroatoms. The van der Waals surface area contributed by atoms with Gasteiger partial charge in [-0.05, 0) is 6.26 Å². The Morgan fingerprint density at radius 1 is 1.52 bits per heavy atom. The summed E-state index contributed by atoms with van der Waals surface area (Å²) >= 11 is 1.55. The summed E-state index contributed by atoms with van der Waals surface area (Å²) in [4.78, 5) is 23.8. The van der Waals surface area contributed by atoms with Crippen LogP contribution in [-0.2, 0) is 9.53 Å². The first kappa shape index (κ1) is 17.3. The third-order valence-electron chi connectivity index (χ3n) is 2.57. The number of aliphatic hydroxyl groups excluding tert-OH is 1. The smallest absolute Gasteiger partial charge is 0.347 e. The van der Waals surface area contributed by atoms with Gasteiger partial charge in [0.2, 0.25) is 11.8 Å². The minimum atomic E-state index is -0.690. The van der Waals surface area contributed by atoms with Crippen molar-refractivity contribution in [1.82, 2.24) is 10.2 Å². The summed E-state index contributed by atoms with van der Waals surface area (Å²) in [5.41, 5.74) is -0.00403. The number of carbonyl (C=O) groups excluding carboxylic acids is 2. The molecule has 118 valence electrons. The van der Waals surface area contributed by atoms with Crippen LogP contribution >= 0.6 is 11.8 Å². The number of carbonyl (C=O) groups is 2. The molecule has 0 aromatic carbocycles. The summed E-state index contributed by atoms with van der Waals surface area (Å²) in [5, 5.41) is 17.7. The Kier molecular flexibility index (Phi) is 7.03. The first-order valence-electron chi connectivity index (χ1n) is 6.25. The predicted octanol–water partition coefficient (Wildman–Crippen LogP) is 0.505. The molecule has 0 aliphatic heterocycles. The molecular formula is C12H19N3O5S. The van der Waals surface area contributed by atoms with E-state index >= 15 is 0 Å². The number of nitrogens with one attached hydrogen (secondary N) is 2. The number of aromatic nitrogens is 2. The average molecular weight is 317 g/mol. The number of hydrogen-bond donors (Lipinski definition) is 3. The maximum absolute atomic E-state index is 12.0. The highest BCUT2D eigenvalue weighted by atomic mass is 32.2. The van der Waals surface area contributed by atoms with Crippen LogP contribution in [0.5, 0.6) is 5.88 Å². The van der Waals surface area contributed by atoms with Crippen molar-refractivity contribution in [3.8, 4) is 5.88 Å². The third-order valence-corrected chi connectivity index (χ3v) is 3.40. The Balaban J connectivity index is 2.93. The van der Waals surface area contributed by atoms with Gasteiger partial charge in [0.1, 0.15) is 6.61 Å². The molecule has 0 saturated heterocycles. The van der Waals surface area contributed by atoms with Crippen molar-refractivity contribution >= 4 is 29.5 Å². The lowest BCUT2D eigenvalue weighted by atomic mass is 10.2. The van der Waals surface area contributed by atoms with Gasteiger partial charge in [-0.2, -0.15) is 16.9 Å². The van der Waals surface area contributed by atoms with Crippen molar-refractivity contribution in [3.05, 3.63) is 5.56 Å². The second kappa shape index (κ2) is 8.53. The maximum Gasteiger partial charge on any atom is 0.347 e. The minimum absolute atomic E-state index is 0.00403. The molecule has 1 heterocycles. The van der Waals surface area contributed by atoms with E-state index < -0.39 is 5.97 Å². The van der Waals surface area contributed by atoms with Gasteiger partial charge in [-0.15, -0.1) is 0 Å². The van der Waals surface area contributed by atoms with Crippen LogP contribution in [-0.4, -0.2) is 59.5 Å². The van der Waals surface area contributed by atoms with E-state index in [-0.39, 0.29) is 42.3 Å². The Bertz CT molecular complexity index is 491. The van der Waals surface area contributed by atoms with Gasteiger partial charge in [0.05, 0.1) is 13.7 Å². The Labute approximate surface area is 126 Å². The van der Waals surface area contributed by atoms with Crippen LogP contribution in [0.3, 0.4) is 0 Å². The van der Waals surface area contributed by atoms with Gasteiger partial charge < -0.3 is 19.9 Å².